The first-order valence-electron chi connectivity index (χ1n) is 9.39. The third-order valence-electron chi connectivity index (χ3n) is 4.68. The van der Waals surface area contributed by atoms with Crippen LogP contribution < -0.4 is 16.0 Å². The van der Waals surface area contributed by atoms with Gasteiger partial charge in [0.05, 0.1) is 13.7 Å². The fourth-order valence-corrected chi connectivity index (χ4v) is 3.65. The minimum absolute atomic E-state index is 0.0520. The molecule has 3 aromatic rings. The summed E-state index contributed by atoms with van der Waals surface area (Å²) in [4.78, 5) is 45.2. The number of hydrogen-bond donors (Lipinski definition) is 1. The number of aromatic amines is 1. The number of rotatable bonds is 6. The average molecular weight is 428 g/mol. The molecule has 0 spiro atoms. The predicted octanol–water partition coefficient (Wildman–Crippen LogP) is 3.30. The van der Waals surface area contributed by atoms with Crippen LogP contribution in [-0.4, -0.2) is 27.4 Å². The maximum Gasteiger partial charge on any atom is 0.329 e. The molecule has 1 N–H and O–H groups in total. The molecule has 8 heteroatoms. The number of benzene rings is 1. The number of aromatic nitrogens is 3. The van der Waals surface area contributed by atoms with Crippen LogP contribution in [0.25, 0.3) is 0 Å². The van der Waals surface area contributed by atoms with Gasteiger partial charge in [-0.3, -0.25) is 19.1 Å². The molecule has 0 aliphatic heterocycles. The summed E-state index contributed by atoms with van der Waals surface area (Å²) < 4.78 is 6.42. The third-order valence-corrected chi connectivity index (χ3v) is 4.90. The highest BCUT2D eigenvalue weighted by Gasteiger charge is 2.25. The first kappa shape index (κ1) is 21.5. The molecule has 30 heavy (non-hydrogen) atoms. The van der Waals surface area contributed by atoms with Gasteiger partial charge in [-0.05, 0) is 48.2 Å². The maximum absolute atomic E-state index is 13.5. The molecule has 0 aliphatic carbocycles. The van der Waals surface area contributed by atoms with Gasteiger partial charge in [0.1, 0.15) is 5.69 Å². The zero-order valence-electron chi connectivity index (χ0n) is 17.2. The van der Waals surface area contributed by atoms with Crippen LogP contribution in [0.4, 0.5) is 0 Å². The number of carbonyl (C=O) groups is 1. The van der Waals surface area contributed by atoms with Crippen molar-refractivity contribution in [3.8, 4) is 5.88 Å². The fraction of sp³-hybridized carbons (Fsp3) is 0.273. The summed E-state index contributed by atoms with van der Waals surface area (Å²) in [6.45, 7) is 5.48. The molecule has 3 rings (SSSR count). The van der Waals surface area contributed by atoms with Gasteiger partial charge in [-0.15, -0.1) is 0 Å². The summed E-state index contributed by atoms with van der Waals surface area (Å²) in [5.41, 5.74) is 0.877. The van der Waals surface area contributed by atoms with Gasteiger partial charge in [-0.25, -0.2) is 9.78 Å². The van der Waals surface area contributed by atoms with Crippen molar-refractivity contribution >= 4 is 17.4 Å². The Morgan fingerprint density at radius 1 is 1.23 bits per heavy atom. The lowest BCUT2D eigenvalue weighted by atomic mass is 9.96. The lowest BCUT2D eigenvalue weighted by Gasteiger charge is -2.18. The number of carbonyl (C=O) groups excluding carboxylic acids is 1. The zero-order valence-corrected chi connectivity index (χ0v) is 17.9. The van der Waals surface area contributed by atoms with Crippen molar-refractivity contribution in [2.75, 3.05) is 7.11 Å². The maximum atomic E-state index is 13.5. The second-order valence-corrected chi connectivity index (χ2v) is 7.75. The van der Waals surface area contributed by atoms with Crippen molar-refractivity contribution in [2.45, 2.75) is 33.2 Å². The molecule has 0 amide bonds. The zero-order chi connectivity index (χ0) is 22.0. The highest BCUT2D eigenvalue weighted by molar-refractivity contribution is 6.31. The van der Waals surface area contributed by atoms with E-state index in [-0.39, 0.29) is 23.7 Å². The average Bonchev–Trinajstić information content (AvgIpc) is 2.68. The van der Waals surface area contributed by atoms with E-state index in [0.717, 1.165) is 5.56 Å². The van der Waals surface area contributed by atoms with Gasteiger partial charge in [-0.1, -0.05) is 25.4 Å². The largest absolute Gasteiger partial charge is 0.481 e. The number of nitrogens with zero attached hydrogens (tertiary/aromatic N) is 2. The quantitative estimate of drug-likeness (QED) is 0.609. The molecule has 0 fully saturated rings. The Morgan fingerprint density at radius 3 is 2.60 bits per heavy atom. The molecule has 0 unspecified atom stereocenters. The Hall–Kier alpha value is -3.19. The molecule has 2 aromatic heterocycles. The Bertz CT molecular complexity index is 1210. The van der Waals surface area contributed by atoms with Gasteiger partial charge in [-0.2, -0.15) is 0 Å². The number of H-pyrrole nitrogens is 1. The van der Waals surface area contributed by atoms with E-state index in [9.17, 15) is 14.4 Å². The van der Waals surface area contributed by atoms with Gasteiger partial charge < -0.3 is 4.74 Å². The van der Waals surface area contributed by atoms with E-state index in [1.807, 2.05) is 6.92 Å². The van der Waals surface area contributed by atoms with Crippen LogP contribution in [0.1, 0.15) is 52.5 Å². The van der Waals surface area contributed by atoms with Crippen LogP contribution in [-0.2, 0) is 6.54 Å². The summed E-state index contributed by atoms with van der Waals surface area (Å²) in [6.07, 6.45) is 1.55. The van der Waals surface area contributed by atoms with E-state index >= 15 is 0 Å². The van der Waals surface area contributed by atoms with Gasteiger partial charge in [0, 0.05) is 28.4 Å². The second-order valence-electron chi connectivity index (χ2n) is 7.32. The van der Waals surface area contributed by atoms with Crippen molar-refractivity contribution in [1.82, 2.24) is 14.5 Å². The standard InChI is InChI=1S/C22H22ClN3O4/c1-12(2)18-19(20(27)15-7-13(3)8-16(23)10-15)26(22(29)25-21(18)28)11-14-5-6-24-17(9-14)30-4/h5-10,12H,11H2,1-4H3,(H,25,28,29). The van der Waals surface area contributed by atoms with Crippen LogP contribution in [0.15, 0.2) is 46.1 Å². The van der Waals surface area contributed by atoms with Crippen LogP contribution >= 0.6 is 11.6 Å². The van der Waals surface area contributed by atoms with Crippen molar-refractivity contribution in [1.29, 1.82) is 0 Å². The Kier molecular flexibility index (Phi) is 6.22. The highest BCUT2D eigenvalue weighted by Crippen LogP contribution is 2.22. The van der Waals surface area contributed by atoms with Crippen LogP contribution in [0.3, 0.4) is 0 Å². The summed E-state index contributed by atoms with van der Waals surface area (Å²) in [5.74, 6) is -0.340. The first-order chi connectivity index (χ1) is 14.2. The number of aryl methyl sites for hydroxylation is 1. The summed E-state index contributed by atoms with van der Waals surface area (Å²) in [7, 11) is 1.49. The van der Waals surface area contributed by atoms with E-state index < -0.39 is 17.0 Å². The molecule has 0 aliphatic rings. The first-order valence-corrected chi connectivity index (χ1v) is 9.77. The van der Waals surface area contributed by atoms with Crippen LogP contribution in [0, 0.1) is 6.92 Å². The van der Waals surface area contributed by atoms with Crippen molar-refractivity contribution in [3.63, 3.8) is 0 Å². The molecule has 0 atom stereocenters. The van der Waals surface area contributed by atoms with Gasteiger partial charge in [0.15, 0.2) is 0 Å². The minimum Gasteiger partial charge on any atom is -0.481 e. The van der Waals surface area contributed by atoms with E-state index in [1.54, 1.807) is 44.3 Å². The van der Waals surface area contributed by atoms with E-state index in [2.05, 4.69) is 9.97 Å². The number of pyridine rings is 1. The molecule has 1 aromatic carbocycles. The predicted molar refractivity (Wildman–Crippen MR) is 115 cm³/mol. The van der Waals surface area contributed by atoms with Crippen LogP contribution in [0.5, 0.6) is 5.88 Å². The van der Waals surface area contributed by atoms with Crippen molar-refractivity contribution in [2.24, 2.45) is 0 Å². The monoisotopic (exact) mass is 427 g/mol. The molecule has 0 saturated heterocycles. The number of ether oxygens (including phenoxy) is 1. The van der Waals surface area contributed by atoms with Gasteiger partial charge in [0.25, 0.3) is 5.56 Å². The van der Waals surface area contributed by atoms with Gasteiger partial charge >= 0.3 is 5.69 Å². The number of methoxy groups -OCH3 is 1. The molecular formula is C22H22ClN3O4. The summed E-state index contributed by atoms with van der Waals surface area (Å²) in [6, 6.07) is 8.34. The lowest BCUT2D eigenvalue weighted by molar-refractivity contribution is 0.102. The Morgan fingerprint density at radius 2 is 1.97 bits per heavy atom. The van der Waals surface area contributed by atoms with E-state index in [1.165, 1.54) is 17.7 Å². The molecule has 7 nitrogen and oxygen atoms in total. The van der Waals surface area contributed by atoms with Gasteiger partial charge in [0.2, 0.25) is 11.7 Å². The second kappa shape index (κ2) is 8.67. The molecular weight excluding hydrogens is 406 g/mol. The van der Waals surface area contributed by atoms with Crippen molar-refractivity contribution in [3.05, 3.63) is 90.3 Å². The summed E-state index contributed by atoms with van der Waals surface area (Å²) in [5, 5.41) is 0.405. The SMILES string of the molecule is COc1cc(Cn2c(C(=O)c3cc(C)cc(Cl)c3)c(C(C)C)c(=O)[nH]c2=O)ccn1. The Labute approximate surface area is 178 Å². The van der Waals surface area contributed by atoms with Crippen LogP contribution in [0.2, 0.25) is 5.02 Å². The third kappa shape index (κ3) is 4.36. The lowest BCUT2D eigenvalue weighted by Crippen LogP contribution is -2.38. The minimum atomic E-state index is -0.665. The molecule has 156 valence electrons. The number of ketones is 1. The fourth-order valence-electron chi connectivity index (χ4n) is 3.36. The normalized spacial score (nSPS) is 11.0. The number of nitrogens with one attached hydrogen (secondary N) is 1. The Balaban J connectivity index is 2.26. The van der Waals surface area contributed by atoms with E-state index in [4.69, 9.17) is 16.3 Å². The molecule has 0 radical (unpaired) electrons. The molecule has 0 saturated carbocycles. The van der Waals surface area contributed by atoms with Crippen molar-refractivity contribution < 1.29 is 9.53 Å². The van der Waals surface area contributed by atoms with E-state index in [0.29, 0.717) is 22.0 Å². The number of halogens is 1. The molecule has 2 heterocycles. The summed E-state index contributed by atoms with van der Waals surface area (Å²) >= 11 is 6.14. The number of hydrogen-bond acceptors (Lipinski definition) is 5. The smallest absolute Gasteiger partial charge is 0.329 e. The highest BCUT2D eigenvalue weighted by atomic mass is 35.5. The topological polar surface area (TPSA) is 94.0 Å². The molecule has 0 bridgehead atoms.